The second-order valence-corrected chi connectivity index (χ2v) is 8.82. The number of benzene rings is 2. The lowest BCUT2D eigenvalue weighted by Crippen LogP contribution is -2.38. The Labute approximate surface area is 196 Å². The van der Waals surface area contributed by atoms with E-state index in [4.69, 9.17) is 14.2 Å². The quantitative estimate of drug-likeness (QED) is 0.613. The van der Waals surface area contributed by atoms with E-state index in [9.17, 15) is 9.59 Å². The summed E-state index contributed by atoms with van der Waals surface area (Å²) in [7, 11) is 3.21. The van der Waals surface area contributed by atoms with Crippen molar-refractivity contribution < 1.29 is 23.8 Å². The molecule has 4 rings (SSSR count). The average molecular weight is 500 g/mol. The van der Waals surface area contributed by atoms with E-state index in [0.717, 1.165) is 26.9 Å². The second kappa shape index (κ2) is 9.36. The number of nitrogens with one attached hydrogen (secondary N) is 1. The molecule has 2 aromatic carbocycles. The Morgan fingerprint density at radius 1 is 0.938 bits per heavy atom. The van der Waals surface area contributed by atoms with Gasteiger partial charge in [0.1, 0.15) is 5.75 Å². The number of Topliss-reactive ketones (excluding diaryl/α,β-unsaturated/α-hetero) is 1. The van der Waals surface area contributed by atoms with E-state index in [1.54, 1.807) is 14.2 Å². The molecular weight excluding hydrogens is 474 g/mol. The van der Waals surface area contributed by atoms with E-state index >= 15 is 0 Å². The monoisotopic (exact) mass is 499 g/mol. The Kier molecular flexibility index (Phi) is 6.55. The summed E-state index contributed by atoms with van der Waals surface area (Å²) in [6.07, 6.45) is 1.24. The molecule has 6 nitrogen and oxygen atoms in total. The first kappa shape index (κ1) is 22.4. The molecule has 0 fully saturated rings. The van der Waals surface area contributed by atoms with Crippen LogP contribution in [0.2, 0.25) is 0 Å². The molecule has 2 unspecified atom stereocenters. The number of hydrogen-bond donors (Lipinski definition) is 1. The number of carbonyl (C=O) groups excluding carboxylic acids is 2. The zero-order chi connectivity index (χ0) is 22.8. The van der Waals surface area contributed by atoms with Crippen molar-refractivity contribution in [1.82, 2.24) is 5.32 Å². The summed E-state index contributed by atoms with van der Waals surface area (Å²) in [5.74, 6) is 1.74. The van der Waals surface area contributed by atoms with Crippen LogP contribution < -0.4 is 19.5 Å². The maximum Gasteiger partial charge on any atom is 0.225 e. The molecule has 1 heterocycles. The molecule has 32 heavy (non-hydrogen) atoms. The van der Waals surface area contributed by atoms with Gasteiger partial charge in [0.2, 0.25) is 5.91 Å². The first-order valence-corrected chi connectivity index (χ1v) is 11.4. The summed E-state index contributed by atoms with van der Waals surface area (Å²) in [6.45, 7) is 2.47. The summed E-state index contributed by atoms with van der Waals surface area (Å²) in [4.78, 5) is 25.9. The number of amides is 1. The van der Waals surface area contributed by atoms with E-state index in [0.29, 0.717) is 36.7 Å². The highest BCUT2D eigenvalue weighted by Gasteiger charge is 2.38. The van der Waals surface area contributed by atoms with Crippen molar-refractivity contribution in [1.29, 1.82) is 0 Å². The minimum Gasteiger partial charge on any atom is -0.496 e. The van der Waals surface area contributed by atoms with Crippen LogP contribution >= 0.6 is 15.9 Å². The predicted octanol–water partition coefficient (Wildman–Crippen LogP) is 4.87. The lowest BCUT2D eigenvalue weighted by atomic mass is 9.73. The van der Waals surface area contributed by atoms with Crippen LogP contribution in [0.3, 0.4) is 0 Å². The van der Waals surface area contributed by atoms with Crippen LogP contribution in [0.5, 0.6) is 17.2 Å². The Morgan fingerprint density at radius 2 is 1.66 bits per heavy atom. The molecule has 1 aliphatic carbocycles. The highest BCUT2D eigenvalue weighted by Crippen LogP contribution is 2.44. The predicted molar refractivity (Wildman–Crippen MR) is 124 cm³/mol. The normalized spacial score (nSPS) is 20.5. The van der Waals surface area contributed by atoms with Crippen LogP contribution in [-0.2, 0) is 9.59 Å². The highest BCUT2D eigenvalue weighted by molar-refractivity contribution is 9.10. The van der Waals surface area contributed by atoms with Gasteiger partial charge in [-0.25, -0.2) is 0 Å². The van der Waals surface area contributed by atoms with Gasteiger partial charge in [0, 0.05) is 30.0 Å². The second-order valence-electron chi connectivity index (χ2n) is 7.96. The number of carbonyl (C=O) groups is 2. The number of ether oxygens (including phenoxy) is 3. The zero-order valence-electron chi connectivity index (χ0n) is 18.4. The number of ketones is 1. The fourth-order valence-corrected chi connectivity index (χ4v) is 5.15. The van der Waals surface area contributed by atoms with Crippen LogP contribution in [0.1, 0.15) is 49.1 Å². The van der Waals surface area contributed by atoms with Crippen LogP contribution in [0.15, 0.2) is 52.1 Å². The summed E-state index contributed by atoms with van der Waals surface area (Å²) in [5, 5.41) is 2.97. The standard InChI is InChI=1S/C25H26BrNO5/c1-4-32-22-8-5-14(12-23(22)31-3)16-10-19-25(20(28)11-16)17(13-24(29)27-19)15-6-7-21(30-2)18(26)9-15/h5-9,12,16-17H,4,10-11,13H2,1-3H3,(H,27,29). The molecule has 0 spiro atoms. The summed E-state index contributed by atoms with van der Waals surface area (Å²) >= 11 is 3.51. The van der Waals surface area contributed by atoms with Crippen molar-refractivity contribution in [3.8, 4) is 17.2 Å². The van der Waals surface area contributed by atoms with E-state index < -0.39 is 0 Å². The van der Waals surface area contributed by atoms with E-state index in [1.807, 2.05) is 43.3 Å². The van der Waals surface area contributed by atoms with Gasteiger partial charge >= 0.3 is 0 Å². The van der Waals surface area contributed by atoms with Gasteiger partial charge in [-0.15, -0.1) is 0 Å². The van der Waals surface area contributed by atoms with Gasteiger partial charge in [-0.1, -0.05) is 12.1 Å². The maximum atomic E-state index is 13.3. The third kappa shape index (κ3) is 4.26. The summed E-state index contributed by atoms with van der Waals surface area (Å²) in [6, 6.07) is 11.5. The molecule has 0 aromatic heterocycles. The van der Waals surface area contributed by atoms with Crippen LogP contribution in [-0.4, -0.2) is 32.5 Å². The lowest BCUT2D eigenvalue weighted by Gasteiger charge is -2.34. The number of hydrogen-bond acceptors (Lipinski definition) is 5. The average Bonchev–Trinajstić information content (AvgIpc) is 2.78. The first-order chi connectivity index (χ1) is 15.4. The van der Waals surface area contributed by atoms with Gasteiger partial charge in [-0.05, 0) is 70.6 Å². The third-order valence-corrected chi connectivity index (χ3v) is 6.69. The molecule has 0 bridgehead atoms. The molecule has 2 atom stereocenters. The Balaban J connectivity index is 1.67. The number of halogens is 1. The van der Waals surface area contributed by atoms with E-state index in [2.05, 4.69) is 21.2 Å². The Morgan fingerprint density at radius 3 is 2.34 bits per heavy atom. The molecule has 168 valence electrons. The van der Waals surface area contributed by atoms with Gasteiger partial charge in [-0.2, -0.15) is 0 Å². The van der Waals surface area contributed by atoms with Crippen LogP contribution in [0.25, 0.3) is 0 Å². The molecule has 0 saturated carbocycles. The van der Waals surface area contributed by atoms with Crippen LogP contribution in [0, 0.1) is 0 Å². The number of rotatable bonds is 6. The van der Waals surface area contributed by atoms with Crippen molar-refractivity contribution in [2.75, 3.05) is 20.8 Å². The molecule has 1 amide bonds. The molecule has 2 aliphatic rings. The molecule has 2 aromatic rings. The van der Waals surface area contributed by atoms with Gasteiger partial charge in [0.25, 0.3) is 0 Å². The smallest absolute Gasteiger partial charge is 0.225 e. The van der Waals surface area contributed by atoms with Crippen molar-refractivity contribution in [3.63, 3.8) is 0 Å². The zero-order valence-corrected chi connectivity index (χ0v) is 20.0. The fourth-order valence-electron chi connectivity index (χ4n) is 4.59. The van der Waals surface area contributed by atoms with Crippen molar-refractivity contribution >= 4 is 27.6 Å². The Hall–Kier alpha value is -2.80. The minimum absolute atomic E-state index is 0.0347. The number of allylic oxidation sites excluding steroid dienone is 2. The minimum atomic E-state index is -0.260. The lowest BCUT2D eigenvalue weighted by molar-refractivity contribution is -0.122. The first-order valence-electron chi connectivity index (χ1n) is 10.6. The largest absolute Gasteiger partial charge is 0.496 e. The SMILES string of the molecule is CCOc1ccc(C2CC(=O)C3=C(C2)NC(=O)CC3c2ccc(OC)c(Br)c2)cc1OC. The maximum absolute atomic E-state index is 13.3. The van der Waals surface area contributed by atoms with Crippen LogP contribution in [0.4, 0.5) is 0 Å². The fraction of sp³-hybridized carbons (Fsp3) is 0.360. The van der Waals surface area contributed by atoms with E-state index in [1.165, 1.54) is 0 Å². The third-order valence-electron chi connectivity index (χ3n) is 6.07. The Bertz CT molecular complexity index is 1090. The highest BCUT2D eigenvalue weighted by atomic mass is 79.9. The van der Waals surface area contributed by atoms with Crippen molar-refractivity contribution in [3.05, 3.63) is 63.3 Å². The molecule has 7 heteroatoms. The van der Waals surface area contributed by atoms with Gasteiger partial charge in [0.15, 0.2) is 17.3 Å². The van der Waals surface area contributed by atoms with Crippen molar-refractivity contribution in [2.24, 2.45) is 0 Å². The van der Waals surface area contributed by atoms with E-state index in [-0.39, 0.29) is 29.9 Å². The summed E-state index contributed by atoms with van der Waals surface area (Å²) < 4.78 is 17.2. The molecular formula is C25H26BrNO5. The van der Waals surface area contributed by atoms with Crippen molar-refractivity contribution in [2.45, 2.75) is 38.0 Å². The van der Waals surface area contributed by atoms with Gasteiger partial charge in [0.05, 0.1) is 25.3 Å². The van der Waals surface area contributed by atoms with Gasteiger partial charge < -0.3 is 19.5 Å². The number of methoxy groups -OCH3 is 2. The summed E-state index contributed by atoms with van der Waals surface area (Å²) in [5.41, 5.74) is 3.37. The molecule has 1 N–H and O–H groups in total. The van der Waals surface area contributed by atoms with Gasteiger partial charge in [-0.3, -0.25) is 9.59 Å². The molecule has 1 aliphatic heterocycles. The molecule has 0 saturated heterocycles. The molecule has 0 radical (unpaired) electrons. The topological polar surface area (TPSA) is 73.9 Å².